The molecule has 0 aromatic heterocycles. The Bertz CT molecular complexity index is 568. The van der Waals surface area contributed by atoms with Crippen LogP contribution in [0.15, 0.2) is 18.2 Å². The fourth-order valence-corrected chi connectivity index (χ4v) is 3.26. The number of hydrogen-bond donors (Lipinski definition) is 2. The van der Waals surface area contributed by atoms with Gasteiger partial charge in [-0.2, -0.15) is 0 Å². The van der Waals surface area contributed by atoms with Crippen molar-refractivity contribution in [2.45, 2.75) is 39.2 Å². The van der Waals surface area contributed by atoms with Crippen LogP contribution in [-0.2, 0) is 0 Å². The predicted octanol–water partition coefficient (Wildman–Crippen LogP) is 2.81. The van der Waals surface area contributed by atoms with Crippen molar-refractivity contribution in [3.63, 3.8) is 0 Å². The van der Waals surface area contributed by atoms with Gasteiger partial charge in [0.1, 0.15) is 0 Å². The highest BCUT2D eigenvalue weighted by atomic mass is 16.2. The van der Waals surface area contributed by atoms with E-state index in [4.69, 9.17) is 0 Å². The minimum atomic E-state index is -0.295. The van der Waals surface area contributed by atoms with Gasteiger partial charge in [0.05, 0.1) is 11.1 Å². The standard InChI is InChI=1S/C16H20N2O2/c1-9-4-3-5-14(10(9)2)17-11-6-7-12-13(8-11)16(20)18-15(12)19/h6-10,14,17H,3-5H2,1-2H3,(H,18,19,20). The molecular formula is C16H20N2O2. The number of benzene rings is 1. The average Bonchev–Trinajstić information content (AvgIpc) is 2.70. The van der Waals surface area contributed by atoms with Crippen LogP contribution in [0.2, 0.25) is 0 Å². The minimum Gasteiger partial charge on any atom is -0.382 e. The van der Waals surface area contributed by atoms with Crippen LogP contribution in [0.3, 0.4) is 0 Å². The lowest BCUT2D eigenvalue weighted by molar-refractivity contribution is 0.0879. The van der Waals surface area contributed by atoms with Crippen LogP contribution >= 0.6 is 0 Å². The van der Waals surface area contributed by atoms with Crippen LogP contribution in [0.25, 0.3) is 0 Å². The van der Waals surface area contributed by atoms with E-state index >= 15 is 0 Å². The summed E-state index contributed by atoms with van der Waals surface area (Å²) in [7, 11) is 0. The largest absolute Gasteiger partial charge is 0.382 e. The van der Waals surface area contributed by atoms with E-state index in [0.717, 1.165) is 18.0 Å². The summed E-state index contributed by atoms with van der Waals surface area (Å²) >= 11 is 0. The SMILES string of the molecule is CC1CCCC(Nc2ccc3c(c2)C(=O)NC3=O)C1C. The van der Waals surface area contributed by atoms with Gasteiger partial charge in [-0.05, 0) is 36.5 Å². The van der Waals surface area contributed by atoms with E-state index in [2.05, 4.69) is 24.5 Å². The molecule has 2 amide bonds. The molecule has 1 aromatic rings. The molecule has 20 heavy (non-hydrogen) atoms. The second-order valence-corrected chi connectivity index (χ2v) is 6.06. The van der Waals surface area contributed by atoms with Crippen LogP contribution in [0, 0.1) is 11.8 Å². The molecule has 3 rings (SSSR count). The maximum absolute atomic E-state index is 11.7. The smallest absolute Gasteiger partial charge is 0.259 e. The average molecular weight is 272 g/mol. The van der Waals surface area contributed by atoms with Gasteiger partial charge in [-0.1, -0.05) is 26.7 Å². The Morgan fingerprint density at radius 1 is 1.10 bits per heavy atom. The highest BCUT2D eigenvalue weighted by molar-refractivity contribution is 6.21. The highest BCUT2D eigenvalue weighted by Gasteiger charge is 2.29. The fourth-order valence-electron chi connectivity index (χ4n) is 3.26. The molecule has 3 unspecified atom stereocenters. The van der Waals surface area contributed by atoms with Gasteiger partial charge in [0.15, 0.2) is 0 Å². The third-order valence-electron chi connectivity index (χ3n) is 4.79. The number of carbonyl (C=O) groups is 2. The first-order valence-corrected chi connectivity index (χ1v) is 7.32. The molecule has 3 atom stereocenters. The lowest BCUT2D eigenvalue weighted by Gasteiger charge is -2.35. The second-order valence-electron chi connectivity index (χ2n) is 6.06. The normalized spacial score (nSPS) is 29.0. The van der Waals surface area contributed by atoms with E-state index in [1.807, 2.05) is 6.07 Å². The Kier molecular flexibility index (Phi) is 3.24. The number of imide groups is 1. The molecule has 2 aliphatic rings. The summed E-state index contributed by atoms with van der Waals surface area (Å²) in [5, 5.41) is 5.86. The van der Waals surface area contributed by atoms with Crippen molar-refractivity contribution in [1.29, 1.82) is 0 Å². The van der Waals surface area contributed by atoms with Gasteiger partial charge in [0.2, 0.25) is 0 Å². The van der Waals surface area contributed by atoms with Crippen molar-refractivity contribution in [3.05, 3.63) is 29.3 Å². The zero-order chi connectivity index (χ0) is 14.3. The summed E-state index contributed by atoms with van der Waals surface area (Å²) in [5.41, 5.74) is 1.89. The number of nitrogens with one attached hydrogen (secondary N) is 2. The van der Waals surface area contributed by atoms with Crippen LogP contribution in [0.1, 0.15) is 53.8 Å². The lowest BCUT2D eigenvalue weighted by atomic mass is 9.78. The Balaban J connectivity index is 1.80. The second kappa shape index (κ2) is 4.93. The Hall–Kier alpha value is -1.84. The molecule has 0 spiro atoms. The van der Waals surface area contributed by atoms with Gasteiger partial charge in [-0.3, -0.25) is 14.9 Å². The minimum absolute atomic E-state index is 0.293. The number of anilines is 1. The van der Waals surface area contributed by atoms with Gasteiger partial charge in [0, 0.05) is 11.7 Å². The van der Waals surface area contributed by atoms with Crippen molar-refractivity contribution in [1.82, 2.24) is 5.32 Å². The van der Waals surface area contributed by atoms with Crippen molar-refractivity contribution in [2.24, 2.45) is 11.8 Å². The van der Waals surface area contributed by atoms with Crippen LogP contribution in [0.4, 0.5) is 5.69 Å². The summed E-state index contributed by atoms with van der Waals surface area (Å²) < 4.78 is 0. The highest BCUT2D eigenvalue weighted by Crippen LogP contribution is 2.32. The number of hydrogen-bond acceptors (Lipinski definition) is 3. The summed E-state index contributed by atoms with van der Waals surface area (Å²) in [6.45, 7) is 4.58. The van der Waals surface area contributed by atoms with Crippen molar-refractivity contribution < 1.29 is 9.59 Å². The van der Waals surface area contributed by atoms with Gasteiger partial charge in [-0.25, -0.2) is 0 Å². The first-order chi connectivity index (χ1) is 9.56. The topological polar surface area (TPSA) is 58.2 Å². The Labute approximate surface area is 118 Å². The molecule has 4 heteroatoms. The first-order valence-electron chi connectivity index (χ1n) is 7.32. The maximum Gasteiger partial charge on any atom is 0.259 e. The quantitative estimate of drug-likeness (QED) is 0.814. The molecule has 4 nitrogen and oxygen atoms in total. The number of rotatable bonds is 2. The number of fused-ring (bicyclic) bond motifs is 1. The molecule has 1 aliphatic heterocycles. The third kappa shape index (κ3) is 2.19. The lowest BCUT2D eigenvalue weighted by Crippen LogP contribution is -2.35. The van der Waals surface area contributed by atoms with E-state index in [-0.39, 0.29) is 11.8 Å². The van der Waals surface area contributed by atoms with Crippen LogP contribution in [-0.4, -0.2) is 17.9 Å². The summed E-state index contributed by atoms with van der Waals surface area (Å²) in [6, 6.07) is 5.86. The van der Waals surface area contributed by atoms with Crippen molar-refractivity contribution >= 4 is 17.5 Å². The van der Waals surface area contributed by atoms with Gasteiger partial charge in [-0.15, -0.1) is 0 Å². The third-order valence-corrected chi connectivity index (χ3v) is 4.79. The van der Waals surface area contributed by atoms with Gasteiger partial charge < -0.3 is 5.32 Å². The van der Waals surface area contributed by atoms with E-state index in [0.29, 0.717) is 23.1 Å². The van der Waals surface area contributed by atoms with Gasteiger partial charge in [0.25, 0.3) is 11.8 Å². The van der Waals surface area contributed by atoms with Gasteiger partial charge >= 0.3 is 0 Å². The Morgan fingerprint density at radius 2 is 1.85 bits per heavy atom. The molecule has 1 aromatic carbocycles. The molecule has 2 N–H and O–H groups in total. The van der Waals surface area contributed by atoms with E-state index in [1.54, 1.807) is 12.1 Å². The molecule has 0 saturated heterocycles. The molecule has 1 fully saturated rings. The van der Waals surface area contributed by atoms with Crippen LogP contribution < -0.4 is 10.6 Å². The zero-order valence-electron chi connectivity index (χ0n) is 11.9. The predicted molar refractivity (Wildman–Crippen MR) is 77.8 cm³/mol. The molecular weight excluding hydrogens is 252 g/mol. The number of carbonyl (C=O) groups excluding carboxylic acids is 2. The number of amides is 2. The van der Waals surface area contributed by atoms with Crippen molar-refractivity contribution in [2.75, 3.05) is 5.32 Å². The van der Waals surface area contributed by atoms with Crippen molar-refractivity contribution in [3.8, 4) is 0 Å². The Morgan fingerprint density at radius 3 is 2.65 bits per heavy atom. The summed E-state index contributed by atoms with van der Waals surface area (Å²) in [5.74, 6) is 0.753. The molecule has 1 saturated carbocycles. The van der Waals surface area contributed by atoms with E-state index < -0.39 is 0 Å². The zero-order valence-corrected chi connectivity index (χ0v) is 11.9. The van der Waals surface area contributed by atoms with Crippen LogP contribution in [0.5, 0.6) is 0 Å². The van der Waals surface area contributed by atoms with E-state index in [1.165, 1.54) is 12.8 Å². The summed E-state index contributed by atoms with van der Waals surface area (Å²) in [4.78, 5) is 23.2. The molecule has 1 aliphatic carbocycles. The first kappa shape index (κ1) is 13.2. The molecule has 0 radical (unpaired) electrons. The monoisotopic (exact) mass is 272 g/mol. The molecule has 0 bridgehead atoms. The molecule has 106 valence electrons. The summed E-state index contributed by atoms with van der Waals surface area (Å²) in [6.07, 6.45) is 3.70. The maximum atomic E-state index is 11.7. The van der Waals surface area contributed by atoms with E-state index in [9.17, 15) is 9.59 Å². The fraction of sp³-hybridized carbons (Fsp3) is 0.500. The molecule has 1 heterocycles.